The number of benzene rings is 3. The molecule has 2 aromatic heterocycles. The van der Waals surface area contributed by atoms with Gasteiger partial charge in [-0.25, -0.2) is 27.0 Å². The van der Waals surface area contributed by atoms with E-state index in [4.69, 9.17) is 0 Å². The minimum absolute atomic E-state index is 0.0438. The van der Waals surface area contributed by atoms with Crippen molar-refractivity contribution in [3.8, 4) is 22.5 Å². The van der Waals surface area contributed by atoms with Crippen molar-refractivity contribution in [3.63, 3.8) is 0 Å². The lowest BCUT2D eigenvalue weighted by atomic mass is 10.0. The van der Waals surface area contributed by atoms with Crippen LogP contribution < -0.4 is 5.69 Å². The van der Waals surface area contributed by atoms with E-state index < -0.39 is 17.3 Å². The molecule has 0 saturated carbocycles. The van der Waals surface area contributed by atoms with Gasteiger partial charge in [-0.15, -0.1) is 15.3 Å². The van der Waals surface area contributed by atoms with E-state index in [-0.39, 0.29) is 18.1 Å². The molecule has 0 amide bonds. The molecule has 6 nitrogen and oxygen atoms in total. The molecule has 0 aliphatic carbocycles. The van der Waals surface area contributed by atoms with Crippen molar-refractivity contribution in [2.24, 2.45) is 0 Å². The normalized spacial score (nSPS) is 11.2. The van der Waals surface area contributed by atoms with Gasteiger partial charge in [0.1, 0.15) is 23.1 Å². The number of fused-ring (bicyclic) bond motifs is 1. The summed E-state index contributed by atoms with van der Waals surface area (Å²) < 4.78 is 42.7. The molecule has 5 aromatic rings. The Labute approximate surface area is 179 Å². The van der Waals surface area contributed by atoms with Crippen molar-refractivity contribution in [1.29, 1.82) is 0 Å². The minimum Gasteiger partial charge on any atom is -0.245 e. The Bertz CT molecular complexity index is 1470. The average molecular weight is 433 g/mol. The van der Waals surface area contributed by atoms with Crippen molar-refractivity contribution >= 4 is 5.78 Å². The summed E-state index contributed by atoms with van der Waals surface area (Å²) in [5, 5.41) is 12.5. The second-order valence-electron chi connectivity index (χ2n) is 7.11. The Hall–Kier alpha value is -4.27. The van der Waals surface area contributed by atoms with Gasteiger partial charge in [-0.1, -0.05) is 12.1 Å². The van der Waals surface area contributed by atoms with Gasteiger partial charge in [0.2, 0.25) is 0 Å². The van der Waals surface area contributed by atoms with E-state index >= 15 is 0 Å². The molecule has 0 atom stereocenters. The number of hydrogen-bond acceptors (Lipinski definition) is 4. The summed E-state index contributed by atoms with van der Waals surface area (Å²) in [6.45, 7) is 0.0945. The third kappa shape index (κ3) is 3.53. The van der Waals surface area contributed by atoms with Gasteiger partial charge >= 0.3 is 5.69 Å². The highest BCUT2D eigenvalue weighted by Gasteiger charge is 2.20. The van der Waals surface area contributed by atoms with Crippen LogP contribution in [0.3, 0.4) is 0 Å². The standard InChI is InChI=1S/C23H14F3N5O/c24-17-7-1-14(2-8-17)13-30-23(32)31-21(16-5-11-19(26)12-6-16)20(27-28-22(31)29-30)15-3-9-18(25)10-4-15/h1-12H,13H2. The first-order valence-electron chi connectivity index (χ1n) is 9.62. The highest BCUT2D eigenvalue weighted by atomic mass is 19.1. The fraction of sp³-hybridized carbons (Fsp3) is 0.0435. The SMILES string of the molecule is O=c1n(Cc2ccc(F)cc2)nc2nnc(-c3ccc(F)cc3)c(-c3ccc(F)cc3)n12. The average Bonchev–Trinajstić information content (AvgIpc) is 3.11. The molecule has 158 valence electrons. The van der Waals surface area contributed by atoms with Gasteiger partial charge in [0.25, 0.3) is 5.78 Å². The first kappa shape index (κ1) is 19.7. The summed E-state index contributed by atoms with van der Waals surface area (Å²) in [5.41, 5.74) is 1.87. The number of nitrogens with zero attached hydrogens (tertiary/aromatic N) is 5. The van der Waals surface area contributed by atoms with Crippen LogP contribution in [0, 0.1) is 17.5 Å². The molecule has 3 aromatic carbocycles. The summed E-state index contributed by atoms with van der Waals surface area (Å²) in [7, 11) is 0. The number of aromatic nitrogens is 5. The summed E-state index contributed by atoms with van der Waals surface area (Å²) >= 11 is 0. The lowest BCUT2D eigenvalue weighted by Gasteiger charge is -2.10. The van der Waals surface area contributed by atoms with E-state index in [1.807, 2.05) is 0 Å². The van der Waals surface area contributed by atoms with Crippen molar-refractivity contribution in [3.05, 3.63) is 106 Å². The molecule has 0 saturated heterocycles. The molecule has 0 fully saturated rings. The van der Waals surface area contributed by atoms with Crippen LogP contribution in [0.4, 0.5) is 13.2 Å². The second-order valence-corrected chi connectivity index (χ2v) is 7.11. The van der Waals surface area contributed by atoms with Crippen LogP contribution >= 0.6 is 0 Å². The van der Waals surface area contributed by atoms with E-state index in [2.05, 4.69) is 15.3 Å². The Kier molecular flexibility index (Phi) is 4.78. The summed E-state index contributed by atoms with van der Waals surface area (Å²) in [4.78, 5) is 13.3. The minimum atomic E-state index is -0.498. The lowest BCUT2D eigenvalue weighted by molar-refractivity contribution is 0.622. The highest BCUT2D eigenvalue weighted by Crippen LogP contribution is 2.30. The predicted octanol–water partition coefficient (Wildman–Crippen LogP) is 4.09. The van der Waals surface area contributed by atoms with Crippen LogP contribution in [0.1, 0.15) is 5.56 Å². The molecule has 0 bridgehead atoms. The smallest absolute Gasteiger partial charge is 0.245 e. The predicted molar refractivity (Wildman–Crippen MR) is 111 cm³/mol. The van der Waals surface area contributed by atoms with Gasteiger partial charge in [0, 0.05) is 11.1 Å². The van der Waals surface area contributed by atoms with Crippen molar-refractivity contribution in [1.82, 2.24) is 24.4 Å². The summed E-state index contributed by atoms with van der Waals surface area (Å²) in [6.07, 6.45) is 0. The van der Waals surface area contributed by atoms with Gasteiger partial charge in [-0.3, -0.25) is 0 Å². The van der Waals surface area contributed by atoms with Gasteiger partial charge in [-0.2, -0.15) is 0 Å². The van der Waals surface area contributed by atoms with Crippen molar-refractivity contribution in [2.45, 2.75) is 6.54 Å². The maximum absolute atomic E-state index is 13.6. The second kappa shape index (κ2) is 7.77. The zero-order valence-electron chi connectivity index (χ0n) is 16.4. The Morgan fingerprint density at radius 2 is 1.22 bits per heavy atom. The summed E-state index contributed by atoms with van der Waals surface area (Å²) in [5.74, 6) is -1.20. The van der Waals surface area contributed by atoms with E-state index in [0.717, 1.165) is 0 Å². The third-order valence-corrected chi connectivity index (χ3v) is 4.99. The van der Waals surface area contributed by atoms with E-state index in [9.17, 15) is 18.0 Å². The molecular formula is C23H14F3N5O. The van der Waals surface area contributed by atoms with E-state index in [1.54, 1.807) is 12.1 Å². The van der Waals surface area contributed by atoms with Crippen molar-refractivity contribution < 1.29 is 13.2 Å². The molecule has 32 heavy (non-hydrogen) atoms. The fourth-order valence-corrected chi connectivity index (χ4v) is 3.45. The van der Waals surface area contributed by atoms with Crippen LogP contribution in [0.2, 0.25) is 0 Å². The number of rotatable bonds is 4. The lowest BCUT2D eigenvalue weighted by Crippen LogP contribution is -2.23. The Balaban J connectivity index is 1.74. The molecule has 5 rings (SSSR count). The van der Waals surface area contributed by atoms with Gasteiger partial charge in [-0.05, 0) is 66.2 Å². The Morgan fingerprint density at radius 3 is 1.81 bits per heavy atom. The highest BCUT2D eigenvalue weighted by molar-refractivity contribution is 5.78. The van der Waals surface area contributed by atoms with Crippen LogP contribution in [-0.2, 0) is 6.54 Å². The first-order chi connectivity index (χ1) is 15.5. The number of hydrogen-bond donors (Lipinski definition) is 0. The van der Waals surface area contributed by atoms with E-state index in [1.165, 1.54) is 69.7 Å². The molecule has 9 heteroatoms. The zero-order chi connectivity index (χ0) is 22.2. The quantitative estimate of drug-likeness (QED) is 0.428. The van der Waals surface area contributed by atoms with Crippen LogP contribution in [0.15, 0.2) is 77.6 Å². The van der Waals surface area contributed by atoms with Crippen LogP contribution in [-0.4, -0.2) is 24.4 Å². The maximum Gasteiger partial charge on any atom is 0.352 e. The molecule has 0 N–H and O–H groups in total. The van der Waals surface area contributed by atoms with Gasteiger partial charge in [0.05, 0.1) is 12.2 Å². The topological polar surface area (TPSA) is 65.1 Å². The molecule has 0 spiro atoms. The molecule has 0 aliphatic heterocycles. The molecule has 0 aliphatic rings. The zero-order valence-corrected chi connectivity index (χ0v) is 16.4. The molecule has 2 heterocycles. The first-order valence-corrected chi connectivity index (χ1v) is 9.62. The molecule has 0 unspecified atom stereocenters. The maximum atomic E-state index is 13.6. The molecule has 0 radical (unpaired) electrons. The fourth-order valence-electron chi connectivity index (χ4n) is 3.45. The van der Waals surface area contributed by atoms with E-state index in [0.29, 0.717) is 28.1 Å². The largest absolute Gasteiger partial charge is 0.352 e. The van der Waals surface area contributed by atoms with Crippen LogP contribution in [0.5, 0.6) is 0 Å². The van der Waals surface area contributed by atoms with Crippen molar-refractivity contribution in [2.75, 3.05) is 0 Å². The van der Waals surface area contributed by atoms with Gasteiger partial charge < -0.3 is 0 Å². The monoisotopic (exact) mass is 433 g/mol. The number of halogens is 3. The van der Waals surface area contributed by atoms with Gasteiger partial charge in [0.15, 0.2) is 0 Å². The third-order valence-electron chi connectivity index (χ3n) is 4.99. The Morgan fingerprint density at radius 1 is 0.688 bits per heavy atom. The summed E-state index contributed by atoms with van der Waals surface area (Å²) in [6, 6.07) is 16.9. The molecular weight excluding hydrogens is 419 g/mol. The van der Waals surface area contributed by atoms with Crippen LogP contribution in [0.25, 0.3) is 28.3 Å².